The number of carboxylic acids is 2. The molecular weight excluding hydrogens is 1860 g/mol. The maximum Gasteiger partial charge on any atom is 0.327 e. The van der Waals surface area contributed by atoms with Crippen molar-refractivity contribution >= 4 is 163 Å². The van der Waals surface area contributed by atoms with Gasteiger partial charge in [0, 0.05) is 69.8 Å². The second-order valence-electron chi connectivity index (χ2n) is 34.7. The molecule has 2 aromatic carbocycles. The zero-order valence-electron chi connectivity index (χ0n) is 77.5. The molecule has 0 aliphatic carbocycles. The van der Waals surface area contributed by atoms with Crippen LogP contribution < -0.4 is 102 Å². The Bertz CT molecular complexity index is 4810. The number of carbonyl (C=O) groups is 24. The summed E-state index contributed by atoms with van der Waals surface area (Å²) in [7, 11) is 1.79. The van der Waals surface area contributed by atoms with Gasteiger partial charge in [0.2, 0.25) is 130 Å². The highest BCUT2D eigenvalue weighted by Gasteiger charge is 2.47. The molecule has 0 unspecified atom stereocenters. The van der Waals surface area contributed by atoms with Gasteiger partial charge < -0.3 is 137 Å². The Balaban J connectivity index is 1.10. The van der Waals surface area contributed by atoms with Gasteiger partial charge in [0.25, 0.3) is 0 Å². The van der Waals surface area contributed by atoms with Crippen LogP contribution in [0.15, 0.2) is 54.6 Å². The van der Waals surface area contributed by atoms with Gasteiger partial charge in [0.05, 0.1) is 58.4 Å². The predicted molar refractivity (Wildman–Crippen MR) is 494 cm³/mol. The summed E-state index contributed by atoms with van der Waals surface area (Å²) in [6, 6.07) is -5.02. The molecule has 5 saturated heterocycles. The van der Waals surface area contributed by atoms with E-state index in [0.717, 1.165) is 31.4 Å². The highest BCUT2D eigenvalue weighted by atomic mass is 33.1. The van der Waals surface area contributed by atoms with Crippen LogP contribution in [-0.2, 0) is 128 Å². The van der Waals surface area contributed by atoms with Crippen molar-refractivity contribution in [2.45, 2.75) is 222 Å². The zero-order valence-corrected chi connectivity index (χ0v) is 79.1. The summed E-state index contributed by atoms with van der Waals surface area (Å²) in [6.07, 6.45) is -2.83. The number of fused-ring (bicyclic) bond motifs is 4. The topological polar surface area (TPSA) is 754 Å². The lowest BCUT2D eigenvalue weighted by atomic mass is 10.0. The highest BCUT2D eigenvalue weighted by molar-refractivity contribution is 8.76. The normalized spacial score (nSPS) is 25.5. The summed E-state index contributed by atoms with van der Waals surface area (Å²) in [4.78, 5) is 331. The number of nitrogens with two attached hydrogens (primary N) is 3. The summed E-state index contributed by atoms with van der Waals surface area (Å²) in [5, 5.41) is 68.5. The molecule has 5 aliphatic rings. The first kappa shape index (κ1) is 112. The minimum atomic E-state index is -1.71. The first-order chi connectivity index (χ1) is 65.9. The minimum Gasteiger partial charge on any atom is -0.508 e. The first-order valence-corrected chi connectivity index (χ1v) is 48.1. The van der Waals surface area contributed by atoms with E-state index < -0.39 is 311 Å². The maximum atomic E-state index is 15.2. The Morgan fingerprint density at radius 1 is 0.353 bits per heavy atom. The largest absolute Gasteiger partial charge is 0.508 e. The van der Waals surface area contributed by atoms with Crippen LogP contribution >= 0.6 is 21.6 Å². The average molecular weight is 1990 g/mol. The van der Waals surface area contributed by atoms with E-state index in [1.165, 1.54) is 34.1 Å². The molecule has 0 aromatic heterocycles. The zero-order chi connectivity index (χ0) is 102. The molecule has 13 atom stereocenters. The van der Waals surface area contributed by atoms with Crippen LogP contribution in [0.2, 0.25) is 0 Å². The Hall–Kier alpha value is -13.8. The van der Waals surface area contributed by atoms with Gasteiger partial charge in [-0.2, -0.15) is 0 Å². The van der Waals surface area contributed by atoms with E-state index in [9.17, 15) is 121 Å². The number of rotatable bonds is 18. The van der Waals surface area contributed by atoms with Crippen molar-refractivity contribution in [3.05, 3.63) is 65.7 Å². The molecule has 5 aliphatic heterocycles. The van der Waals surface area contributed by atoms with Gasteiger partial charge >= 0.3 is 11.9 Å². The van der Waals surface area contributed by atoms with Crippen molar-refractivity contribution in [1.29, 1.82) is 0 Å². The first-order valence-electron chi connectivity index (χ1n) is 45.6. The fourth-order valence-electron chi connectivity index (χ4n) is 15.8. The highest BCUT2D eigenvalue weighted by Crippen LogP contribution is 2.28. The molecule has 52 heteroatoms. The second kappa shape index (κ2) is 56.2. The van der Waals surface area contributed by atoms with Crippen molar-refractivity contribution < 1.29 is 130 Å². The van der Waals surface area contributed by atoms with E-state index in [1.807, 2.05) is 0 Å². The van der Waals surface area contributed by atoms with Crippen molar-refractivity contribution in [3.63, 3.8) is 0 Å². The van der Waals surface area contributed by atoms with E-state index >= 15 is 9.59 Å². The quantitative estimate of drug-likeness (QED) is 0.0616. The van der Waals surface area contributed by atoms with Crippen molar-refractivity contribution in [2.75, 3.05) is 90.0 Å². The number of nitrogens with zero attached hydrogens (tertiary/aromatic N) is 4. The van der Waals surface area contributed by atoms with E-state index in [2.05, 4.69) is 85.1 Å². The van der Waals surface area contributed by atoms with E-state index in [0.29, 0.717) is 11.1 Å². The van der Waals surface area contributed by atoms with E-state index in [1.54, 1.807) is 58.0 Å². The molecule has 762 valence electrons. The molecule has 5 fully saturated rings. The third-order valence-corrected chi connectivity index (χ3v) is 25.3. The number of hydrogen-bond donors (Lipinski definition) is 22. The Morgan fingerprint density at radius 2 is 0.676 bits per heavy atom. The van der Waals surface area contributed by atoms with Gasteiger partial charge in [-0.3, -0.25) is 110 Å². The fourth-order valence-corrected chi connectivity index (χ4v) is 18.1. The molecule has 0 saturated carbocycles. The number of aliphatic carboxylic acids is 2. The molecule has 5 heterocycles. The molecule has 0 spiro atoms. The van der Waals surface area contributed by atoms with Gasteiger partial charge in [-0.05, 0) is 119 Å². The van der Waals surface area contributed by atoms with E-state index in [4.69, 9.17) is 17.2 Å². The monoisotopic (exact) mass is 1990 g/mol. The molecular formula is C87H125N23O27S2. The van der Waals surface area contributed by atoms with Gasteiger partial charge in [-0.15, -0.1) is 0 Å². The molecule has 50 nitrogen and oxygen atoms in total. The third kappa shape index (κ3) is 37.6. The Morgan fingerprint density at radius 3 is 1.09 bits per heavy atom. The van der Waals surface area contributed by atoms with Crippen molar-refractivity contribution in [1.82, 2.24) is 105 Å². The van der Waals surface area contributed by atoms with Crippen LogP contribution in [-0.4, -0.2) is 345 Å². The fraction of sp³-hybridized carbons (Fsp3) is 0.586. The molecule has 0 bridgehead atoms. The van der Waals surface area contributed by atoms with Crippen LogP contribution in [0.25, 0.3) is 0 Å². The summed E-state index contributed by atoms with van der Waals surface area (Å²) in [5.41, 5.74) is 18.1. The number of nitrogens with one attached hydrogen (secondary N) is 16. The molecule has 22 amide bonds. The van der Waals surface area contributed by atoms with Crippen molar-refractivity contribution in [2.24, 2.45) is 29.0 Å². The third-order valence-electron chi connectivity index (χ3n) is 22.9. The number of phenolic OH excluding ortho intramolecular Hbond substituents is 1. The van der Waals surface area contributed by atoms with Gasteiger partial charge in [-0.25, -0.2) is 4.79 Å². The van der Waals surface area contributed by atoms with Gasteiger partial charge in [0.1, 0.15) is 78.3 Å². The summed E-state index contributed by atoms with van der Waals surface area (Å²) in [6.45, 7) is 0.670. The molecule has 0 radical (unpaired) electrons. The Labute approximate surface area is 807 Å². The standard InChI is InChI=1S/C87H125N23O27S2/c1-46(2)32-55-78(127)102-53(22-25-64(89)112)83(132)108-29-9-17-63(108)82(131)106-58(35-48-12-6-5-7-13-48)86(135)110-31-10-15-61(110)80(129)103-54(23-26-65(90)113)84(133)107-28-8-14-60(107)79(128)101-52(24-27-74(122)123)77(126)105-57(33-47(3)4)85(134)109-30-11-16-62(109)81(130)104-56(34-49-18-20-50(111)21-19-49)76(125)98-41-71(119)96-43-73(121)100-59(87(136)137)45-139-138-44-51(88)75(124)97-40-70(118)94-38-68(116)92-36-66(114)91-37-67(115)93-39-69(117)95-42-72(120)99-55/h5-7,12-13,18-21,46-47,51-63,111H,8-11,14-17,22-45,88H2,1-4H3,(H2,89,112)(H2,90,113)(H,91,114)(H,92,116)(H,93,115)(H,94,118)(H,95,117)(H,96,119)(H,97,124)(H,98,125)(H,99,120)(H,100,121)(H,101,128)(H,102,127)(H,103,129)(H,104,130)(H,105,126)(H,106,131)(H,122,123)(H,136,137)/t51-,52+,53+,54+,55+,56+,57+,58+,59-,60+,61+,62-,63+/m1/s1. The van der Waals surface area contributed by atoms with E-state index in [-0.39, 0.29) is 132 Å². The maximum absolute atomic E-state index is 15.2. The lowest BCUT2D eigenvalue weighted by Gasteiger charge is -2.33. The number of amides is 22. The smallest absolute Gasteiger partial charge is 0.327 e. The number of carbonyl (C=O) groups excluding carboxylic acids is 22. The lowest BCUT2D eigenvalue weighted by Crippen LogP contribution is -2.60. The molecule has 2 aromatic rings. The summed E-state index contributed by atoms with van der Waals surface area (Å²) < 4.78 is 0. The summed E-state index contributed by atoms with van der Waals surface area (Å²) in [5.74, 6) is -23.9. The van der Waals surface area contributed by atoms with Gasteiger partial charge in [0.15, 0.2) is 0 Å². The Kier molecular flexibility index (Phi) is 45.3. The van der Waals surface area contributed by atoms with Crippen LogP contribution in [0.3, 0.4) is 0 Å². The SMILES string of the molecule is CC(C)C[C@@H]1NC(=O)CNC(=O)CNC(=O)CNC(=O)CNC(=O)CNC(=O)CNC(=O)[C@H](N)CSSC[C@H](C(=O)O)NC(=O)CNC(=O)CNC(=O)[C@H](Cc2ccc(O)cc2)NC(=O)[C@H]2CCCN2C(=O)[C@H](CC(C)C)NC(=O)[C@H](CCC(=O)O)NC(=O)[C@@H]2CCCN2C(=O)[C@H](CCC(N)=O)NC(=O)[C@@H]2CCCN2C(=O)[C@H](Cc2ccccc2)NC(=O)[C@@H]2CCCN2C(=O)[C@H](CCC(N)=O)NC1=O. The number of hydrogen-bond acceptors (Lipinski definition) is 28. The lowest BCUT2D eigenvalue weighted by molar-refractivity contribution is -0.146. The molecule has 25 N–H and O–H groups in total. The average Bonchev–Trinajstić information content (AvgIpc) is 1.71. The van der Waals surface area contributed by atoms with Crippen LogP contribution in [0.5, 0.6) is 5.75 Å². The summed E-state index contributed by atoms with van der Waals surface area (Å²) >= 11 is 0. The second-order valence-corrected chi connectivity index (χ2v) is 37.3. The minimum absolute atomic E-state index is 0.00522. The van der Waals surface area contributed by atoms with Gasteiger partial charge in [-0.1, -0.05) is 91.7 Å². The molecule has 139 heavy (non-hydrogen) atoms. The predicted octanol–water partition coefficient (Wildman–Crippen LogP) is -8.76. The van der Waals surface area contributed by atoms with Crippen LogP contribution in [0, 0.1) is 11.8 Å². The number of primary amides is 2. The van der Waals surface area contributed by atoms with Crippen LogP contribution in [0.1, 0.15) is 142 Å². The van der Waals surface area contributed by atoms with Crippen molar-refractivity contribution in [3.8, 4) is 5.75 Å². The number of phenols is 1. The number of carboxylic acid groups (broad SMARTS) is 2. The number of benzene rings is 2. The number of aromatic hydroxyl groups is 1. The molecule has 7 rings (SSSR count). The van der Waals surface area contributed by atoms with Crippen LogP contribution in [0.4, 0.5) is 0 Å².